The Morgan fingerprint density at radius 3 is 2.48 bits per heavy atom. The summed E-state index contributed by atoms with van der Waals surface area (Å²) in [4.78, 5) is 16.2. The van der Waals surface area contributed by atoms with E-state index in [2.05, 4.69) is 23.2 Å². The van der Waals surface area contributed by atoms with Gasteiger partial charge in [-0.25, -0.2) is 0 Å². The Balaban J connectivity index is 1.89. The Bertz CT molecular complexity index is 630. The minimum absolute atomic E-state index is 0.123. The highest BCUT2D eigenvalue weighted by Crippen LogP contribution is 2.23. The fraction of sp³-hybridized carbons (Fsp3) is 0.400. The molecule has 0 saturated heterocycles. The molecular weight excluding hydrogens is 286 g/mol. The first-order valence-electron chi connectivity index (χ1n) is 8.17. The minimum atomic E-state index is -0.404. The second-order valence-electron chi connectivity index (χ2n) is 6.66. The van der Waals surface area contributed by atoms with Gasteiger partial charge in [0.25, 0.3) is 0 Å². The Labute approximate surface area is 138 Å². The van der Waals surface area contributed by atoms with E-state index < -0.39 is 5.60 Å². The van der Waals surface area contributed by atoms with Crippen molar-refractivity contribution in [1.29, 1.82) is 0 Å². The van der Waals surface area contributed by atoms with Crippen molar-refractivity contribution in [3.05, 3.63) is 54.4 Å². The molecule has 0 spiro atoms. The van der Waals surface area contributed by atoms with Crippen LogP contribution in [0.15, 0.2) is 48.7 Å². The van der Waals surface area contributed by atoms with Crippen LogP contribution in [0, 0.1) is 0 Å². The monoisotopic (exact) mass is 311 g/mol. The molecule has 0 bridgehead atoms. The van der Waals surface area contributed by atoms with Gasteiger partial charge in [0.2, 0.25) is 0 Å². The van der Waals surface area contributed by atoms with Gasteiger partial charge in [-0.05, 0) is 51.7 Å². The molecule has 0 atom stereocenters. The van der Waals surface area contributed by atoms with Gasteiger partial charge >= 0.3 is 5.97 Å². The van der Waals surface area contributed by atoms with E-state index in [1.54, 1.807) is 0 Å². The average Bonchev–Trinajstić information content (AvgIpc) is 2.51. The summed E-state index contributed by atoms with van der Waals surface area (Å²) in [5.74, 6) is -0.123. The van der Waals surface area contributed by atoms with E-state index in [1.807, 2.05) is 51.2 Å². The van der Waals surface area contributed by atoms with Gasteiger partial charge < -0.3 is 4.74 Å². The Kier molecular flexibility index (Phi) is 5.91. The van der Waals surface area contributed by atoms with Crippen molar-refractivity contribution in [3.63, 3.8) is 0 Å². The van der Waals surface area contributed by atoms with Crippen LogP contribution in [-0.2, 0) is 16.0 Å². The SMILES string of the molecule is CC(C)(C)OC(=O)CCCCc1ncccc1-c1ccccc1. The second kappa shape index (κ2) is 7.91. The lowest BCUT2D eigenvalue weighted by atomic mass is 10.0. The molecule has 0 aliphatic rings. The molecule has 0 amide bonds. The summed E-state index contributed by atoms with van der Waals surface area (Å²) in [6.07, 6.45) is 4.91. The first-order chi connectivity index (χ1) is 11.0. The van der Waals surface area contributed by atoms with Crippen molar-refractivity contribution in [2.45, 2.75) is 52.1 Å². The van der Waals surface area contributed by atoms with Crippen LogP contribution in [0.2, 0.25) is 0 Å². The normalized spacial score (nSPS) is 11.3. The lowest BCUT2D eigenvalue weighted by Crippen LogP contribution is -2.23. The number of aryl methyl sites for hydroxylation is 1. The lowest BCUT2D eigenvalue weighted by Gasteiger charge is -2.19. The van der Waals surface area contributed by atoms with Crippen LogP contribution in [-0.4, -0.2) is 16.6 Å². The molecule has 1 aromatic carbocycles. The van der Waals surface area contributed by atoms with E-state index in [4.69, 9.17) is 4.74 Å². The number of benzene rings is 1. The maximum absolute atomic E-state index is 11.7. The molecule has 0 N–H and O–H groups in total. The molecular formula is C20H25NO2. The highest BCUT2D eigenvalue weighted by atomic mass is 16.6. The van der Waals surface area contributed by atoms with Gasteiger partial charge in [-0.2, -0.15) is 0 Å². The third kappa shape index (κ3) is 5.85. The quantitative estimate of drug-likeness (QED) is 0.568. The molecule has 0 radical (unpaired) electrons. The molecule has 23 heavy (non-hydrogen) atoms. The van der Waals surface area contributed by atoms with E-state index in [-0.39, 0.29) is 5.97 Å². The maximum atomic E-state index is 11.7. The van der Waals surface area contributed by atoms with Crippen molar-refractivity contribution in [3.8, 4) is 11.1 Å². The molecule has 2 aromatic rings. The third-order valence-corrected chi connectivity index (χ3v) is 3.44. The van der Waals surface area contributed by atoms with Gasteiger partial charge in [-0.1, -0.05) is 36.4 Å². The summed E-state index contributed by atoms with van der Waals surface area (Å²) in [5.41, 5.74) is 3.04. The van der Waals surface area contributed by atoms with E-state index in [0.29, 0.717) is 6.42 Å². The molecule has 2 rings (SSSR count). The van der Waals surface area contributed by atoms with Crippen LogP contribution in [0.5, 0.6) is 0 Å². The van der Waals surface area contributed by atoms with Gasteiger partial charge in [0.1, 0.15) is 5.60 Å². The smallest absolute Gasteiger partial charge is 0.306 e. The van der Waals surface area contributed by atoms with E-state index in [1.165, 1.54) is 11.1 Å². The van der Waals surface area contributed by atoms with E-state index in [9.17, 15) is 4.79 Å². The fourth-order valence-corrected chi connectivity index (χ4v) is 2.47. The lowest BCUT2D eigenvalue weighted by molar-refractivity contribution is -0.154. The van der Waals surface area contributed by atoms with Gasteiger partial charge in [0.15, 0.2) is 0 Å². The van der Waals surface area contributed by atoms with Crippen LogP contribution in [0.3, 0.4) is 0 Å². The van der Waals surface area contributed by atoms with Crippen molar-refractivity contribution < 1.29 is 9.53 Å². The van der Waals surface area contributed by atoms with Crippen LogP contribution < -0.4 is 0 Å². The van der Waals surface area contributed by atoms with Crippen molar-refractivity contribution in [2.24, 2.45) is 0 Å². The van der Waals surface area contributed by atoms with Gasteiger partial charge in [0, 0.05) is 23.9 Å². The number of rotatable bonds is 6. The van der Waals surface area contributed by atoms with Crippen molar-refractivity contribution >= 4 is 5.97 Å². The van der Waals surface area contributed by atoms with Crippen molar-refractivity contribution in [2.75, 3.05) is 0 Å². The van der Waals surface area contributed by atoms with Crippen molar-refractivity contribution in [1.82, 2.24) is 4.98 Å². The number of esters is 1. The van der Waals surface area contributed by atoms with Crippen LogP contribution in [0.25, 0.3) is 11.1 Å². The zero-order chi connectivity index (χ0) is 16.7. The largest absolute Gasteiger partial charge is 0.460 e. The number of nitrogens with zero attached hydrogens (tertiary/aromatic N) is 1. The number of pyridine rings is 1. The summed E-state index contributed by atoms with van der Waals surface area (Å²) in [7, 11) is 0. The molecule has 122 valence electrons. The first-order valence-corrected chi connectivity index (χ1v) is 8.17. The fourth-order valence-electron chi connectivity index (χ4n) is 2.47. The number of ether oxygens (including phenoxy) is 1. The zero-order valence-corrected chi connectivity index (χ0v) is 14.2. The predicted octanol–water partition coefficient (Wildman–Crippen LogP) is 4.80. The second-order valence-corrected chi connectivity index (χ2v) is 6.66. The number of hydrogen-bond acceptors (Lipinski definition) is 3. The van der Waals surface area contributed by atoms with Gasteiger partial charge in [-0.3, -0.25) is 9.78 Å². The molecule has 0 fully saturated rings. The highest BCUT2D eigenvalue weighted by Gasteiger charge is 2.15. The highest BCUT2D eigenvalue weighted by molar-refractivity contribution is 5.69. The summed E-state index contributed by atoms with van der Waals surface area (Å²) >= 11 is 0. The number of carbonyl (C=O) groups excluding carboxylic acids is 1. The van der Waals surface area contributed by atoms with Crippen LogP contribution >= 0.6 is 0 Å². The zero-order valence-electron chi connectivity index (χ0n) is 14.2. The minimum Gasteiger partial charge on any atom is -0.460 e. The third-order valence-electron chi connectivity index (χ3n) is 3.44. The molecule has 3 nitrogen and oxygen atoms in total. The standard InChI is InChI=1S/C20H25NO2/c1-20(2,3)23-19(22)14-8-7-13-18-17(12-9-15-21-18)16-10-5-4-6-11-16/h4-6,9-12,15H,7-8,13-14H2,1-3H3. The van der Waals surface area contributed by atoms with Gasteiger partial charge in [0.05, 0.1) is 0 Å². The average molecular weight is 311 g/mol. The van der Waals surface area contributed by atoms with Crippen LogP contribution in [0.1, 0.15) is 45.7 Å². The topological polar surface area (TPSA) is 39.2 Å². The number of unbranched alkanes of at least 4 members (excludes halogenated alkanes) is 1. The van der Waals surface area contributed by atoms with Gasteiger partial charge in [-0.15, -0.1) is 0 Å². The Morgan fingerprint density at radius 1 is 1.04 bits per heavy atom. The summed E-state index contributed by atoms with van der Waals surface area (Å²) in [6, 6.07) is 14.4. The predicted molar refractivity (Wildman–Crippen MR) is 93.1 cm³/mol. The molecule has 0 aliphatic heterocycles. The number of aromatic nitrogens is 1. The van der Waals surface area contributed by atoms with E-state index >= 15 is 0 Å². The number of carbonyl (C=O) groups is 1. The molecule has 0 aliphatic carbocycles. The Hall–Kier alpha value is -2.16. The van der Waals surface area contributed by atoms with E-state index in [0.717, 1.165) is 25.0 Å². The van der Waals surface area contributed by atoms with Crippen LogP contribution in [0.4, 0.5) is 0 Å². The summed E-state index contributed by atoms with van der Waals surface area (Å²) < 4.78 is 5.33. The molecule has 0 saturated carbocycles. The molecule has 1 aromatic heterocycles. The summed E-state index contributed by atoms with van der Waals surface area (Å²) in [5, 5.41) is 0. The Morgan fingerprint density at radius 2 is 1.78 bits per heavy atom. The maximum Gasteiger partial charge on any atom is 0.306 e. The summed E-state index contributed by atoms with van der Waals surface area (Å²) in [6.45, 7) is 5.68. The first kappa shape index (κ1) is 17.2. The number of hydrogen-bond donors (Lipinski definition) is 0. The molecule has 0 unspecified atom stereocenters. The molecule has 1 heterocycles. The molecule has 3 heteroatoms.